The van der Waals surface area contributed by atoms with E-state index in [1.807, 2.05) is 0 Å². The quantitative estimate of drug-likeness (QED) is 0.441. The molecule has 0 fully saturated rings. The Hall–Kier alpha value is -3.56. The number of carbonyl (C=O) groups is 1. The van der Waals surface area contributed by atoms with Crippen molar-refractivity contribution in [2.45, 2.75) is 30.9 Å². The van der Waals surface area contributed by atoms with E-state index in [1.54, 1.807) is 30.3 Å². The maximum absolute atomic E-state index is 13.9. The Morgan fingerprint density at radius 1 is 0.853 bits per heavy atom. The van der Waals surface area contributed by atoms with E-state index in [0.717, 1.165) is 0 Å². The third kappa shape index (κ3) is 4.85. The number of alkyl halides is 6. The number of hydrogen-bond donors (Lipinski definition) is 2. The first kappa shape index (κ1) is 23.6. The van der Waals surface area contributed by atoms with E-state index in [0.29, 0.717) is 28.9 Å². The Morgan fingerprint density at radius 2 is 1.47 bits per heavy atom. The van der Waals surface area contributed by atoms with Gasteiger partial charge in [-0.3, -0.25) is 4.79 Å². The lowest BCUT2D eigenvalue weighted by molar-refractivity contribution is -0.143. The van der Waals surface area contributed by atoms with Crippen molar-refractivity contribution in [3.05, 3.63) is 100 Å². The molecule has 178 valence electrons. The number of halogens is 7. The average Bonchev–Trinajstić information content (AvgIpc) is 3.15. The first-order valence-electron chi connectivity index (χ1n) is 10.1. The number of nitrogens with one attached hydrogen (secondary N) is 2. The van der Waals surface area contributed by atoms with E-state index in [2.05, 4.69) is 10.6 Å². The summed E-state index contributed by atoms with van der Waals surface area (Å²) in [6.07, 6.45) is -9.98. The van der Waals surface area contributed by atoms with Crippen LogP contribution in [0.4, 0.5) is 36.4 Å². The van der Waals surface area contributed by atoms with E-state index >= 15 is 0 Å². The third-order valence-corrected chi connectivity index (χ3v) is 5.55. The molecule has 3 nitrogen and oxygen atoms in total. The average molecular weight is 482 g/mol. The molecule has 0 saturated carbocycles. The molecule has 1 aliphatic rings. The topological polar surface area (TPSA) is 41.1 Å². The molecule has 0 bridgehead atoms. The minimum atomic E-state index is -4.99. The van der Waals surface area contributed by atoms with Gasteiger partial charge in [0.05, 0.1) is 11.1 Å². The summed E-state index contributed by atoms with van der Waals surface area (Å²) in [7, 11) is 0. The molecular weight excluding hydrogens is 465 g/mol. The largest absolute Gasteiger partial charge is 0.416 e. The standard InChI is InChI=1S/C24H17F7N2O/c25-17-6-7-19-18(11-17)20(14-4-2-1-3-5-14)21(33-19)22(34)32-12-13-8-15(23(26,27)28)10-16(9-13)24(29,30)31/h1-11,20-21,33H,12H2,(H,32,34). The molecule has 1 amide bonds. The van der Waals surface area contributed by atoms with Gasteiger partial charge in [-0.05, 0) is 53.1 Å². The number of hydrogen-bond acceptors (Lipinski definition) is 2. The molecule has 2 unspecified atom stereocenters. The maximum atomic E-state index is 13.9. The second-order valence-corrected chi connectivity index (χ2v) is 7.87. The summed E-state index contributed by atoms with van der Waals surface area (Å²) in [4.78, 5) is 13.0. The van der Waals surface area contributed by atoms with Gasteiger partial charge in [0.25, 0.3) is 0 Å². The number of benzene rings is 3. The van der Waals surface area contributed by atoms with Crippen LogP contribution in [0, 0.1) is 5.82 Å². The highest BCUT2D eigenvalue weighted by atomic mass is 19.4. The van der Waals surface area contributed by atoms with Gasteiger partial charge in [0.15, 0.2) is 0 Å². The maximum Gasteiger partial charge on any atom is 0.416 e. The van der Waals surface area contributed by atoms with Crippen LogP contribution >= 0.6 is 0 Å². The van der Waals surface area contributed by atoms with E-state index in [4.69, 9.17) is 0 Å². The zero-order valence-corrected chi connectivity index (χ0v) is 17.3. The van der Waals surface area contributed by atoms with Gasteiger partial charge in [0, 0.05) is 18.2 Å². The van der Waals surface area contributed by atoms with Crippen molar-refractivity contribution in [3.63, 3.8) is 0 Å². The molecule has 1 heterocycles. The number of anilines is 1. The molecule has 0 spiro atoms. The Bertz CT molecular complexity index is 1170. The molecule has 2 N–H and O–H groups in total. The molecule has 3 aromatic carbocycles. The van der Waals surface area contributed by atoms with Gasteiger partial charge in [-0.25, -0.2) is 4.39 Å². The summed E-state index contributed by atoms with van der Waals surface area (Å²) in [5.41, 5.74) is -1.56. The fourth-order valence-corrected chi connectivity index (χ4v) is 4.02. The van der Waals surface area contributed by atoms with Crippen LogP contribution in [-0.2, 0) is 23.7 Å². The first-order valence-corrected chi connectivity index (χ1v) is 10.1. The molecule has 4 rings (SSSR count). The summed E-state index contributed by atoms with van der Waals surface area (Å²) < 4.78 is 92.6. The van der Waals surface area contributed by atoms with Gasteiger partial charge in [0.2, 0.25) is 5.91 Å². The third-order valence-electron chi connectivity index (χ3n) is 5.55. The fraction of sp³-hybridized carbons (Fsp3) is 0.208. The van der Waals surface area contributed by atoms with Crippen molar-refractivity contribution < 1.29 is 35.5 Å². The van der Waals surface area contributed by atoms with Crippen molar-refractivity contribution in [3.8, 4) is 0 Å². The van der Waals surface area contributed by atoms with E-state index in [9.17, 15) is 35.5 Å². The second kappa shape index (κ2) is 8.66. The van der Waals surface area contributed by atoms with Crippen LogP contribution in [0.2, 0.25) is 0 Å². The van der Waals surface area contributed by atoms with Gasteiger partial charge < -0.3 is 10.6 Å². The number of rotatable bonds is 4. The molecule has 3 aromatic rings. The zero-order chi connectivity index (χ0) is 24.7. The second-order valence-electron chi connectivity index (χ2n) is 7.87. The van der Waals surface area contributed by atoms with Crippen LogP contribution in [0.3, 0.4) is 0 Å². The van der Waals surface area contributed by atoms with Crippen molar-refractivity contribution in [1.82, 2.24) is 5.32 Å². The van der Waals surface area contributed by atoms with E-state index in [1.165, 1.54) is 18.2 Å². The van der Waals surface area contributed by atoms with Crippen molar-refractivity contribution in [2.75, 3.05) is 5.32 Å². The molecule has 2 atom stereocenters. The molecule has 10 heteroatoms. The highest BCUT2D eigenvalue weighted by Crippen LogP contribution is 2.41. The van der Waals surface area contributed by atoms with Crippen LogP contribution in [0.25, 0.3) is 0 Å². The first-order chi connectivity index (χ1) is 15.9. The van der Waals surface area contributed by atoms with Gasteiger partial charge in [-0.15, -0.1) is 0 Å². The molecule has 1 aliphatic heterocycles. The van der Waals surface area contributed by atoms with Crippen LogP contribution in [0.1, 0.15) is 33.7 Å². The number of amides is 1. The predicted octanol–water partition coefficient (Wildman–Crippen LogP) is 6.11. The summed E-state index contributed by atoms with van der Waals surface area (Å²) in [5.74, 6) is -1.78. The normalized spacial score (nSPS) is 17.7. The van der Waals surface area contributed by atoms with Gasteiger partial charge >= 0.3 is 12.4 Å². The van der Waals surface area contributed by atoms with Gasteiger partial charge in [0.1, 0.15) is 11.9 Å². The lowest BCUT2D eigenvalue weighted by Gasteiger charge is -2.21. The monoisotopic (exact) mass is 482 g/mol. The lowest BCUT2D eigenvalue weighted by atomic mass is 9.87. The van der Waals surface area contributed by atoms with E-state index < -0.39 is 53.7 Å². The van der Waals surface area contributed by atoms with Crippen molar-refractivity contribution in [2.24, 2.45) is 0 Å². The molecule has 0 radical (unpaired) electrons. The fourth-order valence-electron chi connectivity index (χ4n) is 4.02. The van der Waals surface area contributed by atoms with Crippen LogP contribution < -0.4 is 10.6 Å². The molecular formula is C24H17F7N2O. The molecule has 0 saturated heterocycles. The van der Waals surface area contributed by atoms with Crippen molar-refractivity contribution >= 4 is 11.6 Å². The predicted molar refractivity (Wildman–Crippen MR) is 110 cm³/mol. The van der Waals surface area contributed by atoms with Gasteiger partial charge in [-0.2, -0.15) is 26.3 Å². The molecule has 0 aliphatic carbocycles. The lowest BCUT2D eigenvalue weighted by Crippen LogP contribution is -2.40. The highest BCUT2D eigenvalue weighted by Gasteiger charge is 2.39. The summed E-state index contributed by atoms with van der Waals surface area (Å²) in [6, 6.07) is 12.9. The van der Waals surface area contributed by atoms with Crippen LogP contribution in [0.15, 0.2) is 66.7 Å². The zero-order valence-electron chi connectivity index (χ0n) is 17.3. The van der Waals surface area contributed by atoms with Crippen LogP contribution in [0.5, 0.6) is 0 Å². The van der Waals surface area contributed by atoms with Gasteiger partial charge in [-0.1, -0.05) is 30.3 Å². The Balaban J connectivity index is 1.61. The van der Waals surface area contributed by atoms with Crippen LogP contribution in [-0.4, -0.2) is 11.9 Å². The Morgan fingerprint density at radius 3 is 2.06 bits per heavy atom. The smallest absolute Gasteiger partial charge is 0.373 e. The Kier molecular flexibility index (Phi) is 6.01. The number of carbonyl (C=O) groups excluding carboxylic acids is 1. The SMILES string of the molecule is O=C(NCc1cc(C(F)(F)F)cc(C(F)(F)F)c1)C1Nc2ccc(F)cc2C1c1ccccc1. The summed E-state index contributed by atoms with van der Waals surface area (Å²) >= 11 is 0. The minimum Gasteiger partial charge on any atom is -0.373 e. The van der Waals surface area contributed by atoms with E-state index in [-0.39, 0.29) is 11.6 Å². The Labute approximate surface area is 189 Å². The molecule has 34 heavy (non-hydrogen) atoms. The summed E-state index contributed by atoms with van der Waals surface area (Å²) in [5, 5.41) is 5.40. The highest BCUT2D eigenvalue weighted by molar-refractivity contribution is 5.89. The molecule has 0 aromatic heterocycles. The number of fused-ring (bicyclic) bond motifs is 1. The summed E-state index contributed by atoms with van der Waals surface area (Å²) in [6.45, 7) is -0.559. The minimum absolute atomic E-state index is 0.0282. The van der Waals surface area contributed by atoms with Crippen molar-refractivity contribution in [1.29, 1.82) is 0 Å².